The van der Waals surface area contributed by atoms with Crippen LogP contribution in [0.1, 0.15) is 47.9 Å². The van der Waals surface area contributed by atoms with E-state index in [1.54, 1.807) is 6.20 Å². The summed E-state index contributed by atoms with van der Waals surface area (Å²) < 4.78 is 5.01. The van der Waals surface area contributed by atoms with Crippen molar-refractivity contribution in [3.63, 3.8) is 0 Å². The summed E-state index contributed by atoms with van der Waals surface area (Å²) in [6, 6.07) is 18.3. The molecule has 2 aromatic heterocycles. The standard InChI is InChI=1S/C27H28BrN5O/c1-19(2)17-33-26-23(24(30-33)20-7-4-3-5-8-20)25(21-9-11-22(28)12-10-21)32(27(26)34)15-6-14-31-16-13-29-18-31/h3-5,7-13,16,18-19,25H,6,14-15,17H2,1-2H3. The minimum absolute atomic E-state index is 0.0591. The van der Waals surface area contributed by atoms with Gasteiger partial charge >= 0.3 is 0 Å². The normalized spacial score (nSPS) is 15.4. The zero-order chi connectivity index (χ0) is 23.7. The van der Waals surface area contributed by atoms with E-state index >= 15 is 0 Å². The van der Waals surface area contributed by atoms with Gasteiger partial charge in [-0.1, -0.05) is 72.2 Å². The highest BCUT2D eigenvalue weighted by Gasteiger charge is 2.43. The highest BCUT2D eigenvalue weighted by Crippen LogP contribution is 2.44. The van der Waals surface area contributed by atoms with Crippen molar-refractivity contribution in [1.82, 2.24) is 24.2 Å². The van der Waals surface area contributed by atoms with Crippen molar-refractivity contribution in [2.75, 3.05) is 6.54 Å². The van der Waals surface area contributed by atoms with Crippen LogP contribution in [-0.4, -0.2) is 36.7 Å². The zero-order valence-electron chi connectivity index (χ0n) is 19.4. The molecule has 1 aliphatic rings. The highest BCUT2D eigenvalue weighted by atomic mass is 79.9. The summed E-state index contributed by atoms with van der Waals surface area (Å²) >= 11 is 3.55. The van der Waals surface area contributed by atoms with Gasteiger partial charge in [-0.25, -0.2) is 4.98 Å². The van der Waals surface area contributed by atoms with Crippen molar-refractivity contribution in [1.29, 1.82) is 0 Å². The van der Waals surface area contributed by atoms with Crippen LogP contribution in [0.2, 0.25) is 0 Å². The van der Waals surface area contributed by atoms with Crippen molar-refractivity contribution >= 4 is 21.8 Å². The summed E-state index contributed by atoms with van der Waals surface area (Å²) in [6.45, 7) is 6.49. The molecule has 0 radical (unpaired) electrons. The Labute approximate surface area is 208 Å². The van der Waals surface area contributed by atoms with Gasteiger partial charge in [0.05, 0.1) is 18.1 Å². The van der Waals surface area contributed by atoms with E-state index < -0.39 is 0 Å². The average molecular weight is 518 g/mol. The predicted octanol–water partition coefficient (Wildman–Crippen LogP) is 5.80. The minimum Gasteiger partial charge on any atom is -0.337 e. The number of aryl methyl sites for hydroxylation is 1. The second-order valence-electron chi connectivity index (χ2n) is 9.16. The molecule has 0 bridgehead atoms. The van der Waals surface area contributed by atoms with E-state index in [1.165, 1.54) is 0 Å². The molecule has 1 aliphatic heterocycles. The lowest BCUT2D eigenvalue weighted by molar-refractivity contribution is 0.0733. The molecule has 0 saturated carbocycles. The van der Waals surface area contributed by atoms with Crippen LogP contribution in [0.5, 0.6) is 0 Å². The summed E-state index contributed by atoms with van der Waals surface area (Å²) in [5.41, 5.74) is 4.77. The molecule has 1 unspecified atom stereocenters. The number of nitrogens with zero attached hydrogens (tertiary/aromatic N) is 5. The van der Waals surface area contributed by atoms with Gasteiger partial charge in [-0.3, -0.25) is 9.48 Å². The number of carbonyl (C=O) groups excluding carboxylic acids is 1. The van der Waals surface area contributed by atoms with E-state index in [0.717, 1.165) is 45.5 Å². The molecule has 0 saturated heterocycles. The third-order valence-electron chi connectivity index (χ3n) is 6.18. The number of hydrogen-bond acceptors (Lipinski definition) is 3. The highest BCUT2D eigenvalue weighted by molar-refractivity contribution is 9.10. The third kappa shape index (κ3) is 4.32. The van der Waals surface area contributed by atoms with Crippen molar-refractivity contribution in [2.45, 2.75) is 39.4 Å². The van der Waals surface area contributed by atoms with E-state index in [9.17, 15) is 4.79 Å². The fraction of sp³-hybridized carbons (Fsp3) is 0.296. The van der Waals surface area contributed by atoms with Crippen LogP contribution in [0.4, 0.5) is 0 Å². The molecule has 0 N–H and O–H groups in total. The largest absolute Gasteiger partial charge is 0.337 e. The Morgan fingerprint density at radius 1 is 1.03 bits per heavy atom. The molecule has 0 aliphatic carbocycles. The lowest BCUT2D eigenvalue weighted by atomic mass is 9.96. The van der Waals surface area contributed by atoms with Gasteiger partial charge in [0.2, 0.25) is 0 Å². The monoisotopic (exact) mass is 517 g/mol. The van der Waals surface area contributed by atoms with Gasteiger partial charge < -0.3 is 9.47 Å². The number of rotatable bonds is 8. The van der Waals surface area contributed by atoms with Crippen LogP contribution < -0.4 is 0 Å². The van der Waals surface area contributed by atoms with Crippen LogP contribution >= 0.6 is 15.9 Å². The first-order valence-corrected chi connectivity index (χ1v) is 12.5. The molecule has 6 nitrogen and oxygen atoms in total. The maximum atomic E-state index is 13.9. The van der Waals surface area contributed by atoms with Gasteiger partial charge in [0.15, 0.2) is 0 Å². The number of hydrogen-bond donors (Lipinski definition) is 0. The maximum Gasteiger partial charge on any atom is 0.273 e. The van der Waals surface area contributed by atoms with Crippen LogP contribution in [0, 0.1) is 5.92 Å². The summed E-state index contributed by atoms with van der Waals surface area (Å²) in [4.78, 5) is 20.1. The lowest BCUT2D eigenvalue weighted by Crippen LogP contribution is -2.32. The molecule has 7 heteroatoms. The Hall–Kier alpha value is -3.19. The average Bonchev–Trinajstić information content (AvgIpc) is 3.53. The molecule has 34 heavy (non-hydrogen) atoms. The summed E-state index contributed by atoms with van der Waals surface area (Å²) in [7, 11) is 0. The number of fused-ring (bicyclic) bond motifs is 1. The fourth-order valence-electron chi connectivity index (χ4n) is 4.72. The van der Waals surface area contributed by atoms with E-state index in [0.29, 0.717) is 19.0 Å². The molecular weight excluding hydrogens is 490 g/mol. The van der Waals surface area contributed by atoms with Crippen molar-refractivity contribution in [3.8, 4) is 11.3 Å². The molecule has 1 amide bonds. The molecule has 1 atom stereocenters. The second-order valence-corrected chi connectivity index (χ2v) is 10.1. The quantitative estimate of drug-likeness (QED) is 0.296. The molecule has 3 heterocycles. The molecule has 0 fully saturated rings. The molecule has 174 valence electrons. The van der Waals surface area contributed by atoms with Gasteiger partial charge in [0.1, 0.15) is 5.69 Å². The summed E-state index contributed by atoms with van der Waals surface area (Å²) in [5.74, 6) is 0.436. The first kappa shape index (κ1) is 22.6. The van der Waals surface area contributed by atoms with Gasteiger partial charge in [0, 0.05) is 47.6 Å². The van der Waals surface area contributed by atoms with Crippen molar-refractivity contribution in [2.24, 2.45) is 5.92 Å². The Morgan fingerprint density at radius 2 is 1.79 bits per heavy atom. The van der Waals surface area contributed by atoms with E-state index in [4.69, 9.17) is 5.10 Å². The zero-order valence-corrected chi connectivity index (χ0v) is 21.0. The van der Waals surface area contributed by atoms with E-state index in [2.05, 4.69) is 63.6 Å². The number of amides is 1. The second kappa shape index (κ2) is 9.58. The summed E-state index contributed by atoms with van der Waals surface area (Å²) in [6.07, 6.45) is 6.41. The number of halogens is 1. The van der Waals surface area contributed by atoms with Crippen LogP contribution in [0.25, 0.3) is 11.3 Å². The predicted molar refractivity (Wildman–Crippen MR) is 136 cm³/mol. The van der Waals surface area contributed by atoms with Gasteiger partial charge in [0.25, 0.3) is 5.91 Å². The molecule has 5 rings (SSSR count). The lowest BCUT2D eigenvalue weighted by Gasteiger charge is -2.27. The van der Waals surface area contributed by atoms with Crippen LogP contribution in [0.15, 0.2) is 77.8 Å². The van der Waals surface area contributed by atoms with Gasteiger partial charge in [-0.15, -0.1) is 0 Å². The van der Waals surface area contributed by atoms with Crippen LogP contribution in [-0.2, 0) is 13.1 Å². The Morgan fingerprint density at radius 3 is 2.47 bits per heavy atom. The third-order valence-corrected chi connectivity index (χ3v) is 6.71. The number of imidazole rings is 1. The molecular formula is C27H28BrN5O. The Bertz CT molecular complexity index is 1260. The SMILES string of the molecule is CC(C)Cn1nc(-c2ccccc2)c2c1C(=O)N(CCCn1ccnc1)C2c1ccc(Br)cc1. The molecule has 2 aromatic carbocycles. The maximum absolute atomic E-state index is 13.9. The Kier molecular flexibility index (Phi) is 6.37. The molecule has 0 spiro atoms. The number of carbonyl (C=O) groups is 1. The smallest absolute Gasteiger partial charge is 0.273 e. The first-order chi connectivity index (χ1) is 16.5. The van der Waals surface area contributed by atoms with Crippen molar-refractivity contribution in [3.05, 3.63) is 94.6 Å². The van der Waals surface area contributed by atoms with E-state index in [-0.39, 0.29) is 11.9 Å². The fourth-order valence-corrected chi connectivity index (χ4v) is 4.99. The molecule has 4 aromatic rings. The van der Waals surface area contributed by atoms with Crippen LogP contribution in [0.3, 0.4) is 0 Å². The number of benzene rings is 2. The van der Waals surface area contributed by atoms with E-state index in [1.807, 2.05) is 52.4 Å². The Balaban J connectivity index is 1.60. The van der Waals surface area contributed by atoms with Gasteiger partial charge in [-0.05, 0) is 30.0 Å². The first-order valence-electron chi connectivity index (χ1n) is 11.7. The number of aromatic nitrogens is 4. The minimum atomic E-state index is -0.172. The summed E-state index contributed by atoms with van der Waals surface area (Å²) in [5, 5.41) is 4.99. The van der Waals surface area contributed by atoms with Crippen molar-refractivity contribution < 1.29 is 4.79 Å². The van der Waals surface area contributed by atoms with Gasteiger partial charge in [-0.2, -0.15) is 5.10 Å². The topological polar surface area (TPSA) is 56.0 Å².